The van der Waals surface area contributed by atoms with E-state index < -0.39 is 20.8 Å². The van der Waals surface area contributed by atoms with E-state index in [1.165, 1.54) is 6.07 Å². The third kappa shape index (κ3) is 4.94. The highest BCUT2D eigenvalue weighted by atomic mass is 32.2. The molecule has 5 nitrogen and oxygen atoms in total. The SMILES string of the molecule is CCCCCCCC(=O)c1ccc(S(=O)(=O)O)c(O)c1. The molecule has 20 heavy (non-hydrogen) atoms. The third-order valence-corrected chi connectivity index (χ3v) is 3.97. The van der Waals surface area contributed by atoms with Crippen LogP contribution in [0.25, 0.3) is 0 Å². The first-order chi connectivity index (χ1) is 9.36. The molecule has 1 rings (SSSR count). The molecule has 0 amide bonds. The van der Waals surface area contributed by atoms with Crippen LogP contribution in [0.15, 0.2) is 23.1 Å². The van der Waals surface area contributed by atoms with Crippen molar-refractivity contribution >= 4 is 15.9 Å². The van der Waals surface area contributed by atoms with E-state index in [0.717, 1.165) is 44.2 Å². The Labute approximate surface area is 119 Å². The predicted octanol–water partition coefficient (Wildman–Crippen LogP) is 3.18. The first kappa shape index (κ1) is 16.7. The van der Waals surface area contributed by atoms with Crippen molar-refractivity contribution in [2.24, 2.45) is 0 Å². The zero-order valence-corrected chi connectivity index (χ0v) is 12.3. The van der Waals surface area contributed by atoms with E-state index in [2.05, 4.69) is 6.92 Å². The Balaban J connectivity index is 2.64. The van der Waals surface area contributed by atoms with Gasteiger partial charge < -0.3 is 5.11 Å². The Morgan fingerprint density at radius 1 is 1.15 bits per heavy atom. The van der Waals surface area contributed by atoms with E-state index in [-0.39, 0.29) is 11.3 Å². The van der Waals surface area contributed by atoms with Crippen LogP contribution in [0.3, 0.4) is 0 Å². The summed E-state index contributed by atoms with van der Waals surface area (Å²) in [5.41, 5.74) is 0.255. The molecular formula is C14H20O5S. The first-order valence-electron chi connectivity index (χ1n) is 6.70. The van der Waals surface area contributed by atoms with Crippen LogP contribution in [0.2, 0.25) is 0 Å². The maximum atomic E-state index is 11.9. The number of phenolic OH excluding ortho intramolecular Hbond substituents is 1. The predicted molar refractivity (Wildman–Crippen MR) is 75.6 cm³/mol. The summed E-state index contributed by atoms with van der Waals surface area (Å²) in [5, 5.41) is 9.53. The van der Waals surface area contributed by atoms with E-state index in [1.54, 1.807) is 0 Å². The monoisotopic (exact) mass is 300 g/mol. The Bertz CT molecular complexity index is 563. The molecule has 6 heteroatoms. The molecule has 0 aromatic heterocycles. The number of benzene rings is 1. The number of Topliss-reactive ketones (excluding diaryl/α,β-unsaturated/α-hetero) is 1. The van der Waals surface area contributed by atoms with Crippen molar-refractivity contribution in [2.45, 2.75) is 50.3 Å². The van der Waals surface area contributed by atoms with Gasteiger partial charge in [-0.25, -0.2) is 0 Å². The van der Waals surface area contributed by atoms with Gasteiger partial charge in [-0.05, 0) is 24.6 Å². The van der Waals surface area contributed by atoms with Crippen molar-refractivity contribution in [3.8, 4) is 5.75 Å². The van der Waals surface area contributed by atoms with Crippen LogP contribution >= 0.6 is 0 Å². The average molecular weight is 300 g/mol. The number of ketones is 1. The van der Waals surface area contributed by atoms with E-state index >= 15 is 0 Å². The lowest BCUT2D eigenvalue weighted by atomic mass is 10.0. The Morgan fingerprint density at radius 3 is 2.35 bits per heavy atom. The second-order valence-corrected chi connectivity index (χ2v) is 6.13. The molecule has 2 N–H and O–H groups in total. The quantitative estimate of drug-likeness (QED) is 0.437. The van der Waals surface area contributed by atoms with Crippen molar-refractivity contribution in [1.29, 1.82) is 0 Å². The highest BCUT2D eigenvalue weighted by molar-refractivity contribution is 7.86. The van der Waals surface area contributed by atoms with Gasteiger partial charge in [0.05, 0.1) is 0 Å². The Morgan fingerprint density at radius 2 is 1.80 bits per heavy atom. The number of hydrogen-bond acceptors (Lipinski definition) is 4. The molecule has 0 saturated heterocycles. The normalized spacial score (nSPS) is 11.5. The summed E-state index contributed by atoms with van der Waals surface area (Å²) in [4.78, 5) is 11.3. The average Bonchev–Trinajstić information content (AvgIpc) is 2.36. The van der Waals surface area contributed by atoms with Crippen molar-refractivity contribution in [2.75, 3.05) is 0 Å². The lowest BCUT2D eigenvalue weighted by Gasteiger charge is -2.05. The zero-order chi connectivity index (χ0) is 15.2. The summed E-state index contributed by atoms with van der Waals surface area (Å²) in [7, 11) is -4.46. The van der Waals surface area contributed by atoms with Crippen molar-refractivity contribution in [1.82, 2.24) is 0 Å². The number of aromatic hydroxyl groups is 1. The summed E-state index contributed by atoms with van der Waals surface area (Å²) < 4.78 is 30.7. The standard InChI is InChI=1S/C14H20O5S/c1-2-3-4-5-6-7-12(15)11-8-9-14(13(16)10-11)20(17,18)19/h8-10,16H,2-7H2,1H3,(H,17,18,19). The van der Waals surface area contributed by atoms with Gasteiger partial charge in [-0.3, -0.25) is 9.35 Å². The summed E-state index contributed by atoms with van der Waals surface area (Å²) in [6.45, 7) is 2.12. The number of carbonyl (C=O) groups excluding carboxylic acids is 1. The fraction of sp³-hybridized carbons (Fsp3) is 0.500. The molecule has 0 saturated carbocycles. The van der Waals surface area contributed by atoms with E-state index in [0.29, 0.717) is 6.42 Å². The lowest BCUT2D eigenvalue weighted by molar-refractivity contribution is 0.0978. The lowest BCUT2D eigenvalue weighted by Crippen LogP contribution is -2.02. The third-order valence-electron chi connectivity index (χ3n) is 3.07. The number of phenols is 1. The van der Waals surface area contributed by atoms with Gasteiger partial charge in [0.25, 0.3) is 10.1 Å². The molecule has 1 aromatic carbocycles. The highest BCUT2D eigenvalue weighted by Gasteiger charge is 2.17. The van der Waals surface area contributed by atoms with Crippen molar-refractivity contribution < 1.29 is 22.9 Å². The minimum absolute atomic E-state index is 0.140. The van der Waals surface area contributed by atoms with Crippen LogP contribution in [0.4, 0.5) is 0 Å². The van der Waals surface area contributed by atoms with Gasteiger partial charge in [0.2, 0.25) is 0 Å². The summed E-state index contributed by atoms with van der Waals surface area (Å²) in [6.07, 6.45) is 5.51. The van der Waals surface area contributed by atoms with Crippen LogP contribution in [0.1, 0.15) is 55.8 Å². The Hall–Kier alpha value is -1.40. The fourth-order valence-corrected chi connectivity index (χ4v) is 2.51. The Kier molecular flexibility index (Phi) is 6.16. The van der Waals surface area contributed by atoms with E-state index in [1.807, 2.05) is 0 Å². The molecule has 0 fully saturated rings. The first-order valence-corrected chi connectivity index (χ1v) is 8.14. The topological polar surface area (TPSA) is 91.7 Å². The summed E-state index contributed by atoms with van der Waals surface area (Å²) >= 11 is 0. The van der Waals surface area contributed by atoms with E-state index in [4.69, 9.17) is 4.55 Å². The largest absolute Gasteiger partial charge is 0.506 e. The smallest absolute Gasteiger partial charge is 0.298 e. The maximum absolute atomic E-state index is 11.9. The number of carbonyl (C=O) groups is 1. The second kappa shape index (κ2) is 7.40. The molecule has 0 unspecified atom stereocenters. The van der Waals surface area contributed by atoms with Crippen molar-refractivity contribution in [3.63, 3.8) is 0 Å². The van der Waals surface area contributed by atoms with Gasteiger partial charge >= 0.3 is 0 Å². The molecule has 0 radical (unpaired) electrons. The molecule has 1 aromatic rings. The summed E-state index contributed by atoms with van der Waals surface area (Å²) in [5.74, 6) is -0.747. The van der Waals surface area contributed by atoms with Crippen LogP contribution in [0.5, 0.6) is 5.75 Å². The minimum Gasteiger partial charge on any atom is -0.506 e. The van der Waals surface area contributed by atoms with Gasteiger partial charge in [0, 0.05) is 12.0 Å². The molecule has 0 heterocycles. The molecule has 0 aliphatic rings. The molecule has 0 aliphatic carbocycles. The van der Waals surface area contributed by atoms with Gasteiger partial charge in [-0.1, -0.05) is 32.6 Å². The molecular weight excluding hydrogens is 280 g/mol. The second-order valence-electron chi connectivity index (χ2n) is 4.74. The van der Waals surface area contributed by atoms with Gasteiger partial charge in [-0.2, -0.15) is 8.42 Å². The number of unbranched alkanes of at least 4 members (excludes halogenated alkanes) is 4. The maximum Gasteiger partial charge on any atom is 0.298 e. The molecule has 0 spiro atoms. The molecule has 0 bridgehead atoms. The zero-order valence-electron chi connectivity index (χ0n) is 11.5. The van der Waals surface area contributed by atoms with Gasteiger partial charge in [-0.15, -0.1) is 0 Å². The van der Waals surface area contributed by atoms with Crippen molar-refractivity contribution in [3.05, 3.63) is 23.8 Å². The van der Waals surface area contributed by atoms with E-state index in [9.17, 15) is 18.3 Å². The number of hydrogen-bond donors (Lipinski definition) is 2. The fourth-order valence-electron chi connectivity index (χ4n) is 1.94. The number of rotatable bonds is 8. The van der Waals surface area contributed by atoms with Gasteiger partial charge in [0.15, 0.2) is 5.78 Å². The molecule has 112 valence electrons. The van der Waals surface area contributed by atoms with Gasteiger partial charge in [0.1, 0.15) is 10.6 Å². The van der Waals surface area contributed by atoms with Crippen LogP contribution in [0, 0.1) is 0 Å². The van der Waals surface area contributed by atoms with Crippen LogP contribution in [-0.4, -0.2) is 23.9 Å². The molecule has 0 atom stereocenters. The minimum atomic E-state index is -4.46. The highest BCUT2D eigenvalue weighted by Crippen LogP contribution is 2.24. The molecule has 0 aliphatic heterocycles. The van der Waals surface area contributed by atoms with Crippen LogP contribution in [-0.2, 0) is 10.1 Å². The van der Waals surface area contributed by atoms with Crippen LogP contribution < -0.4 is 0 Å². The summed E-state index contributed by atoms with van der Waals surface area (Å²) in [6, 6.07) is 3.42.